The lowest BCUT2D eigenvalue weighted by molar-refractivity contribution is 0.252. The molecule has 102 valence electrons. The number of sulfonamides is 1. The minimum absolute atomic E-state index is 0.0988. The summed E-state index contributed by atoms with van der Waals surface area (Å²) >= 11 is 0. The summed E-state index contributed by atoms with van der Waals surface area (Å²) in [6, 6.07) is -0.0988. The van der Waals surface area contributed by atoms with Gasteiger partial charge in [-0.15, -0.1) is 0 Å². The first-order valence-corrected chi connectivity index (χ1v) is 7.52. The van der Waals surface area contributed by atoms with Crippen molar-refractivity contribution in [2.75, 3.05) is 13.1 Å². The van der Waals surface area contributed by atoms with Gasteiger partial charge in [-0.25, -0.2) is 13.4 Å². The van der Waals surface area contributed by atoms with Crippen LogP contribution in [0.4, 0.5) is 0 Å². The fourth-order valence-corrected chi connectivity index (χ4v) is 3.59. The molecule has 0 aliphatic carbocycles. The number of nitrogens with two attached hydrogens (primary N) is 1. The summed E-state index contributed by atoms with van der Waals surface area (Å²) < 4.78 is 28.0. The van der Waals surface area contributed by atoms with Crippen molar-refractivity contribution in [1.29, 1.82) is 0 Å². The summed E-state index contributed by atoms with van der Waals surface area (Å²) in [5.74, 6) is 1.05. The second-order valence-corrected chi connectivity index (χ2v) is 6.91. The van der Waals surface area contributed by atoms with E-state index >= 15 is 0 Å². The van der Waals surface area contributed by atoms with E-state index in [1.165, 1.54) is 4.31 Å². The molecule has 1 aromatic rings. The third-order valence-corrected chi connectivity index (χ3v) is 5.41. The molecule has 0 radical (unpaired) electrons. The highest BCUT2D eigenvalue weighted by Crippen LogP contribution is 2.22. The predicted molar refractivity (Wildman–Crippen MR) is 68.5 cm³/mol. The van der Waals surface area contributed by atoms with Crippen molar-refractivity contribution in [1.82, 2.24) is 13.9 Å². The number of imidazole rings is 1. The summed E-state index contributed by atoms with van der Waals surface area (Å²) in [5.41, 5.74) is 5.95. The molecule has 7 heteroatoms. The Morgan fingerprint density at radius 2 is 2.17 bits per heavy atom. The Morgan fingerprint density at radius 3 is 2.67 bits per heavy atom. The zero-order chi connectivity index (χ0) is 13.5. The highest BCUT2D eigenvalue weighted by Gasteiger charge is 2.33. The van der Waals surface area contributed by atoms with Gasteiger partial charge in [0.2, 0.25) is 0 Å². The Bertz CT molecular complexity index is 518. The average molecular weight is 272 g/mol. The maximum absolute atomic E-state index is 12.4. The van der Waals surface area contributed by atoms with Crippen LogP contribution in [0.25, 0.3) is 0 Å². The van der Waals surface area contributed by atoms with E-state index in [1.807, 2.05) is 0 Å². The van der Waals surface area contributed by atoms with Gasteiger partial charge < -0.3 is 10.3 Å². The molecule has 6 nitrogen and oxygen atoms in total. The van der Waals surface area contributed by atoms with Gasteiger partial charge in [-0.3, -0.25) is 0 Å². The molecule has 1 fully saturated rings. The molecule has 0 spiro atoms. The number of piperidine rings is 1. The monoisotopic (exact) mass is 272 g/mol. The molecule has 0 amide bonds. The van der Waals surface area contributed by atoms with E-state index in [0.717, 1.165) is 6.42 Å². The zero-order valence-corrected chi connectivity index (χ0v) is 11.8. The van der Waals surface area contributed by atoms with E-state index in [9.17, 15) is 8.42 Å². The lowest BCUT2D eigenvalue weighted by Gasteiger charge is -2.33. The van der Waals surface area contributed by atoms with E-state index in [-0.39, 0.29) is 11.1 Å². The summed E-state index contributed by atoms with van der Waals surface area (Å²) in [4.78, 5) is 4.09. The van der Waals surface area contributed by atoms with Gasteiger partial charge >= 0.3 is 0 Å². The topological polar surface area (TPSA) is 81.2 Å². The van der Waals surface area contributed by atoms with Crippen molar-refractivity contribution < 1.29 is 8.42 Å². The largest absolute Gasteiger partial charge is 0.337 e. The molecule has 1 saturated heterocycles. The van der Waals surface area contributed by atoms with Crippen molar-refractivity contribution in [2.24, 2.45) is 18.7 Å². The van der Waals surface area contributed by atoms with Crippen LogP contribution in [0.5, 0.6) is 0 Å². The zero-order valence-electron chi connectivity index (χ0n) is 11.0. The second kappa shape index (κ2) is 4.64. The Kier molecular flexibility index (Phi) is 3.48. The van der Waals surface area contributed by atoms with E-state index in [0.29, 0.717) is 24.8 Å². The first kappa shape index (κ1) is 13.5. The van der Waals surface area contributed by atoms with Gasteiger partial charge in [-0.1, -0.05) is 6.92 Å². The number of hydrogen-bond donors (Lipinski definition) is 1. The van der Waals surface area contributed by atoms with Crippen molar-refractivity contribution in [3.8, 4) is 0 Å². The van der Waals surface area contributed by atoms with Gasteiger partial charge in [0.1, 0.15) is 5.82 Å². The number of aryl methyl sites for hydroxylation is 2. The second-order valence-electron chi connectivity index (χ2n) is 5.03. The molecule has 2 N–H and O–H groups in total. The molecule has 1 aliphatic heterocycles. The summed E-state index contributed by atoms with van der Waals surface area (Å²) in [6.07, 6.45) is 2.35. The molecular weight excluding hydrogens is 252 g/mol. The van der Waals surface area contributed by atoms with Crippen LogP contribution in [0, 0.1) is 12.8 Å². The van der Waals surface area contributed by atoms with E-state index < -0.39 is 10.0 Å². The molecule has 0 aromatic carbocycles. The Labute approximate surface area is 108 Å². The summed E-state index contributed by atoms with van der Waals surface area (Å²) in [7, 11) is -1.72. The molecule has 18 heavy (non-hydrogen) atoms. The van der Waals surface area contributed by atoms with Gasteiger partial charge in [-0.2, -0.15) is 4.31 Å². The summed E-state index contributed by atoms with van der Waals surface area (Å²) in [6.45, 7) is 4.73. The molecule has 1 aromatic heterocycles. The highest BCUT2D eigenvalue weighted by molar-refractivity contribution is 7.89. The van der Waals surface area contributed by atoms with Gasteiger partial charge in [0.05, 0.1) is 0 Å². The average Bonchev–Trinajstić information content (AvgIpc) is 2.64. The number of aromatic nitrogens is 2. The fraction of sp³-hybridized carbons (Fsp3) is 0.727. The lowest BCUT2D eigenvalue weighted by Crippen LogP contribution is -2.49. The minimum atomic E-state index is -3.50. The first-order valence-electron chi connectivity index (χ1n) is 6.08. The molecule has 0 bridgehead atoms. The van der Waals surface area contributed by atoms with Crippen LogP contribution in [-0.2, 0) is 17.1 Å². The first-order chi connectivity index (χ1) is 8.32. The highest BCUT2D eigenvalue weighted by atomic mass is 32.2. The Balaban J connectivity index is 2.26. The SMILES string of the molecule is Cc1nc(S(=O)(=O)N2CCC(C)C(N)C2)cn1C. The van der Waals surface area contributed by atoms with Gasteiger partial charge in [0, 0.05) is 32.4 Å². The predicted octanol–water partition coefficient (Wildman–Crippen LogP) is 0.0863. The van der Waals surface area contributed by atoms with Gasteiger partial charge in [0.25, 0.3) is 10.0 Å². The van der Waals surface area contributed by atoms with Gasteiger partial charge in [-0.05, 0) is 19.3 Å². The number of rotatable bonds is 2. The third kappa shape index (κ3) is 2.30. The molecule has 0 saturated carbocycles. The molecule has 1 aliphatic rings. The quantitative estimate of drug-likeness (QED) is 0.827. The van der Waals surface area contributed by atoms with Crippen LogP contribution in [0.3, 0.4) is 0 Å². The van der Waals surface area contributed by atoms with Crippen molar-refractivity contribution >= 4 is 10.0 Å². The molecule has 2 rings (SSSR count). The Morgan fingerprint density at radius 1 is 1.50 bits per heavy atom. The number of nitrogens with zero attached hydrogens (tertiary/aromatic N) is 3. The lowest BCUT2D eigenvalue weighted by atomic mass is 9.96. The Hall–Kier alpha value is -0.920. The van der Waals surface area contributed by atoms with E-state index in [2.05, 4.69) is 11.9 Å². The van der Waals surface area contributed by atoms with Crippen LogP contribution in [0.2, 0.25) is 0 Å². The molecule has 2 unspecified atom stereocenters. The van der Waals surface area contributed by atoms with Crippen LogP contribution in [0.1, 0.15) is 19.2 Å². The van der Waals surface area contributed by atoms with Crippen molar-refractivity contribution in [3.05, 3.63) is 12.0 Å². The number of hydrogen-bond acceptors (Lipinski definition) is 4. The van der Waals surface area contributed by atoms with Crippen LogP contribution in [0.15, 0.2) is 11.2 Å². The van der Waals surface area contributed by atoms with E-state index in [1.54, 1.807) is 24.7 Å². The van der Waals surface area contributed by atoms with Crippen LogP contribution in [-0.4, -0.2) is 41.4 Å². The maximum Gasteiger partial charge on any atom is 0.262 e. The van der Waals surface area contributed by atoms with Gasteiger partial charge in [0.15, 0.2) is 5.03 Å². The maximum atomic E-state index is 12.4. The third-order valence-electron chi connectivity index (χ3n) is 3.67. The van der Waals surface area contributed by atoms with E-state index in [4.69, 9.17) is 5.73 Å². The standard InChI is InChI=1S/C11H20N4O2S/c1-8-4-5-15(6-10(8)12)18(16,17)11-7-14(3)9(2)13-11/h7-8,10H,4-6,12H2,1-3H3. The van der Waals surface area contributed by atoms with Crippen molar-refractivity contribution in [2.45, 2.75) is 31.3 Å². The summed E-state index contributed by atoms with van der Waals surface area (Å²) in [5, 5.41) is 0.115. The smallest absolute Gasteiger partial charge is 0.262 e. The van der Waals surface area contributed by atoms with Crippen LogP contribution >= 0.6 is 0 Å². The molecular formula is C11H20N4O2S. The molecule has 2 atom stereocenters. The fourth-order valence-electron chi connectivity index (χ4n) is 2.07. The van der Waals surface area contributed by atoms with Crippen LogP contribution < -0.4 is 5.73 Å². The normalized spacial score (nSPS) is 26.4. The molecule has 2 heterocycles. The minimum Gasteiger partial charge on any atom is -0.337 e. The van der Waals surface area contributed by atoms with Crippen molar-refractivity contribution in [3.63, 3.8) is 0 Å².